The quantitative estimate of drug-likeness (QED) is 0.726. The van der Waals surface area contributed by atoms with Gasteiger partial charge in [-0.05, 0) is 61.2 Å². The number of anilines is 2. The lowest BCUT2D eigenvalue weighted by atomic mass is 10.1. The van der Waals surface area contributed by atoms with Crippen LogP contribution in [0.2, 0.25) is 0 Å². The third-order valence-electron chi connectivity index (χ3n) is 4.43. The van der Waals surface area contributed by atoms with Crippen LogP contribution < -0.4 is 10.6 Å². The molecule has 1 aromatic carbocycles. The topological polar surface area (TPSA) is 63.1 Å². The van der Waals surface area contributed by atoms with Crippen molar-refractivity contribution in [3.63, 3.8) is 0 Å². The second kappa shape index (κ2) is 6.80. The molecule has 2 heterocycles. The molecule has 0 saturated carbocycles. The number of benzene rings is 1. The molecule has 1 aliphatic rings. The van der Waals surface area contributed by atoms with Crippen molar-refractivity contribution in [2.45, 2.75) is 26.2 Å². The second-order valence-corrected chi connectivity index (χ2v) is 7.42. The normalized spacial score (nSPS) is 12.7. The molecule has 0 atom stereocenters. The minimum absolute atomic E-state index is 0.0830. The van der Waals surface area contributed by atoms with E-state index in [1.165, 1.54) is 17.4 Å². The third kappa shape index (κ3) is 3.15. The standard InChI is InChI=1S/C20H19N3O2S/c1-13(24)21-14-7-9-15(10-8-14)22-19(25)18-16-5-4-6-17(16)26-20(18)23-11-2-3-12-23/h2-3,7-12H,4-6H2,1H3,(H,21,24)(H,22,25). The number of thiophene rings is 1. The summed E-state index contributed by atoms with van der Waals surface area (Å²) in [5, 5.41) is 6.70. The summed E-state index contributed by atoms with van der Waals surface area (Å²) in [6.45, 7) is 1.47. The number of nitrogens with one attached hydrogen (secondary N) is 2. The van der Waals surface area contributed by atoms with Crippen molar-refractivity contribution in [3.8, 4) is 5.00 Å². The maximum atomic E-state index is 13.0. The number of aromatic nitrogens is 1. The van der Waals surface area contributed by atoms with Crippen LogP contribution in [0.3, 0.4) is 0 Å². The highest BCUT2D eigenvalue weighted by Crippen LogP contribution is 2.38. The van der Waals surface area contributed by atoms with Crippen molar-refractivity contribution in [2.75, 3.05) is 10.6 Å². The van der Waals surface area contributed by atoms with E-state index in [0.717, 1.165) is 29.8 Å². The number of rotatable bonds is 4. The minimum atomic E-state index is -0.119. The van der Waals surface area contributed by atoms with E-state index in [1.54, 1.807) is 35.6 Å². The van der Waals surface area contributed by atoms with Gasteiger partial charge in [-0.1, -0.05) is 0 Å². The Morgan fingerprint density at radius 2 is 1.65 bits per heavy atom. The van der Waals surface area contributed by atoms with Crippen LogP contribution in [-0.2, 0) is 17.6 Å². The Morgan fingerprint density at radius 1 is 1.00 bits per heavy atom. The monoisotopic (exact) mass is 365 g/mol. The second-order valence-electron chi connectivity index (χ2n) is 6.34. The molecule has 0 bridgehead atoms. The number of hydrogen-bond acceptors (Lipinski definition) is 3. The Kier molecular flexibility index (Phi) is 4.34. The van der Waals surface area contributed by atoms with Gasteiger partial charge in [-0.2, -0.15) is 0 Å². The fraction of sp³-hybridized carbons (Fsp3) is 0.200. The maximum Gasteiger partial charge on any atom is 0.258 e. The highest BCUT2D eigenvalue weighted by Gasteiger charge is 2.27. The maximum absolute atomic E-state index is 13.0. The predicted molar refractivity (Wildman–Crippen MR) is 104 cm³/mol. The van der Waals surface area contributed by atoms with Gasteiger partial charge in [0.05, 0.1) is 5.56 Å². The summed E-state index contributed by atoms with van der Waals surface area (Å²) < 4.78 is 2.01. The van der Waals surface area contributed by atoms with E-state index in [0.29, 0.717) is 11.4 Å². The van der Waals surface area contributed by atoms with E-state index in [4.69, 9.17) is 0 Å². The SMILES string of the molecule is CC(=O)Nc1ccc(NC(=O)c2c(-n3cccc3)sc3c2CCC3)cc1. The van der Waals surface area contributed by atoms with Crippen molar-refractivity contribution in [1.29, 1.82) is 0 Å². The van der Waals surface area contributed by atoms with Crippen molar-refractivity contribution in [1.82, 2.24) is 4.57 Å². The first kappa shape index (κ1) is 16.6. The Labute approximate surface area is 155 Å². The molecule has 0 aliphatic heterocycles. The lowest BCUT2D eigenvalue weighted by Crippen LogP contribution is -2.15. The average molecular weight is 365 g/mol. The number of nitrogens with zero attached hydrogens (tertiary/aromatic N) is 1. The molecule has 0 radical (unpaired) electrons. The summed E-state index contributed by atoms with van der Waals surface area (Å²) in [6, 6.07) is 11.1. The van der Waals surface area contributed by atoms with Crippen molar-refractivity contribution >= 4 is 34.5 Å². The molecular formula is C20H19N3O2S. The first-order valence-electron chi connectivity index (χ1n) is 8.58. The molecule has 0 spiro atoms. The number of amides is 2. The zero-order valence-corrected chi connectivity index (χ0v) is 15.2. The summed E-state index contributed by atoms with van der Waals surface area (Å²) in [5.41, 5.74) is 3.39. The van der Waals surface area contributed by atoms with Crippen LogP contribution in [0.1, 0.15) is 34.1 Å². The van der Waals surface area contributed by atoms with Crippen LogP contribution in [0.5, 0.6) is 0 Å². The van der Waals surface area contributed by atoms with Crippen LogP contribution >= 0.6 is 11.3 Å². The van der Waals surface area contributed by atoms with Crippen LogP contribution in [0, 0.1) is 0 Å². The van der Waals surface area contributed by atoms with Gasteiger partial charge in [0.1, 0.15) is 5.00 Å². The van der Waals surface area contributed by atoms with Gasteiger partial charge >= 0.3 is 0 Å². The van der Waals surface area contributed by atoms with E-state index >= 15 is 0 Å². The molecule has 26 heavy (non-hydrogen) atoms. The van der Waals surface area contributed by atoms with Crippen LogP contribution in [0.25, 0.3) is 5.00 Å². The number of fused-ring (bicyclic) bond motifs is 1. The Balaban J connectivity index is 1.61. The molecule has 2 aromatic heterocycles. The van der Waals surface area contributed by atoms with E-state index in [1.807, 2.05) is 29.1 Å². The molecule has 2 amide bonds. The molecule has 0 saturated heterocycles. The zero-order chi connectivity index (χ0) is 18.1. The highest BCUT2D eigenvalue weighted by atomic mass is 32.1. The molecule has 1 aliphatic carbocycles. The third-order valence-corrected chi connectivity index (χ3v) is 5.74. The molecule has 4 rings (SSSR count). The minimum Gasteiger partial charge on any atom is -0.326 e. The Hall–Kier alpha value is -2.86. The average Bonchev–Trinajstić information content (AvgIpc) is 3.32. The molecule has 2 N–H and O–H groups in total. The molecule has 132 valence electrons. The van der Waals surface area contributed by atoms with Crippen molar-refractivity contribution in [3.05, 3.63) is 64.8 Å². The van der Waals surface area contributed by atoms with Crippen molar-refractivity contribution in [2.24, 2.45) is 0 Å². The first-order chi connectivity index (χ1) is 12.6. The Bertz CT molecular complexity index is 956. The summed E-state index contributed by atoms with van der Waals surface area (Å²) >= 11 is 1.71. The largest absolute Gasteiger partial charge is 0.326 e. The lowest BCUT2D eigenvalue weighted by molar-refractivity contribution is -0.114. The van der Waals surface area contributed by atoms with E-state index in [2.05, 4.69) is 10.6 Å². The summed E-state index contributed by atoms with van der Waals surface area (Å²) in [7, 11) is 0. The molecular weight excluding hydrogens is 346 g/mol. The number of aryl methyl sites for hydroxylation is 1. The smallest absolute Gasteiger partial charge is 0.258 e. The molecule has 0 unspecified atom stereocenters. The molecule has 3 aromatic rings. The van der Waals surface area contributed by atoms with Gasteiger partial charge < -0.3 is 15.2 Å². The van der Waals surface area contributed by atoms with Crippen LogP contribution in [0.4, 0.5) is 11.4 Å². The zero-order valence-electron chi connectivity index (χ0n) is 14.4. The van der Waals surface area contributed by atoms with Crippen molar-refractivity contribution < 1.29 is 9.59 Å². The van der Waals surface area contributed by atoms with E-state index < -0.39 is 0 Å². The summed E-state index contributed by atoms with van der Waals surface area (Å²) in [6.07, 6.45) is 7.06. The number of carbonyl (C=O) groups excluding carboxylic acids is 2. The van der Waals surface area contributed by atoms with Gasteiger partial charge in [0.25, 0.3) is 5.91 Å². The lowest BCUT2D eigenvalue weighted by Gasteiger charge is -2.10. The number of carbonyl (C=O) groups is 2. The van der Waals surface area contributed by atoms with Gasteiger partial charge in [-0.3, -0.25) is 9.59 Å². The van der Waals surface area contributed by atoms with Crippen LogP contribution in [-0.4, -0.2) is 16.4 Å². The Morgan fingerprint density at radius 3 is 2.31 bits per heavy atom. The molecule has 5 nitrogen and oxygen atoms in total. The fourth-order valence-corrected chi connectivity index (χ4v) is 4.66. The molecule has 0 fully saturated rings. The summed E-state index contributed by atoms with van der Waals surface area (Å²) in [4.78, 5) is 25.5. The van der Waals surface area contributed by atoms with E-state index in [9.17, 15) is 9.59 Å². The summed E-state index contributed by atoms with van der Waals surface area (Å²) in [5.74, 6) is -0.202. The van der Waals surface area contributed by atoms with Gasteiger partial charge in [0, 0.05) is 35.6 Å². The van der Waals surface area contributed by atoms with Crippen LogP contribution in [0.15, 0.2) is 48.8 Å². The molecule has 6 heteroatoms. The van der Waals surface area contributed by atoms with Gasteiger partial charge in [-0.15, -0.1) is 11.3 Å². The van der Waals surface area contributed by atoms with Gasteiger partial charge in [0.2, 0.25) is 5.91 Å². The highest BCUT2D eigenvalue weighted by molar-refractivity contribution is 7.15. The first-order valence-corrected chi connectivity index (χ1v) is 9.40. The van der Waals surface area contributed by atoms with E-state index in [-0.39, 0.29) is 11.8 Å². The fourth-order valence-electron chi connectivity index (χ4n) is 3.31. The van der Waals surface area contributed by atoms with Gasteiger partial charge in [0.15, 0.2) is 0 Å². The number of hydrogen-bond donors (Lipinski definition) is 2. The predicted octanol–water partition coefficient (Wildman–Crippen LogP) is 4.24. The van der Waals surface area contributed by atoms with Gasteiger partial charge in [-0.25, -0.2) is 0 Å².